The minimum atomic E-state index is -0.886. The van der Waals surface area contributed by atoms with Gasteiger partial charge in [0.1, 0.15) is 5.54 Å². The highest BCUT2D eigenvalue weighted by Gasteiger charge is 2.44. The molecule has 3 rings (SSSR count). The zero-order chi connectivity index (χ0) is 20.1. The van der Waals surface area contributed by atoms with Crippen LogP contribution in [0, 0.1) is 5.92 Å². The number of hydrogen-bond acceptors (Lipinski definition) is 2. The first kappa shape index (κ1) is 20.1. The highest BCUT2D eigenvalue weighted by Crippen LogP contribution is 2.32. The third kappa shape index (κ3) is 4.27. The molecule has 28 heavy (non-hydrogen) atoms. The average Bonchev–Trinajstić information content (AvgIpc) is 2.80. The number of amides is 2. The van der Waals surface area contributed by atoms with Gasteiger partial charge in [0.05, 0.1) is 0 Å². The largest absolute Gasteiger partial charge is 0.354 e. The fourth-order valence-electron chi connectivity index (χ4n) is 3.74. The van der Waals surface area contributed by atoms with Crippen molar-refractivity contribution in [3.05, 3.63) is 71.3 Å². The Kier molecular flexibility index (Phi) is 6.18. The van der Waals surface area contributed by atoms with E-state index in [1.54, 1.807) is 4.90 Å². The number of nitrogens with zero attached hydrogens (tertiary/aromatic N) is 1. The summed E-state index contributed by atoms with van der Waals surface area (Å²) < 4.78 is 0. The van der Waals surface area contributed by atoms with E-state index in [2.05, 4.69) is 19.2 Å². The van der Waals surface area contributed by atoms with E-state index < -0.39 is 5.54 Å². The van der Waals surface area contributed by atoms with E-state index in [9.17, 15) is 9.59 Å². The van der Waals surface area contributed by atoms with Crippen LogP contribution >= 0.6 is 0 Å². The van der Waals surface area contributed by atoms with Crippen LogP contribution in [-0.4, -0.2) is 28.8 Å². The Balaban J connectivity index is 1.93. The summed E-state index contributed by atoms with van der Waals surface area (Å²) in [5.41, 5.74) is 1.86. The normalized spacial score (nSPS) is 19.3. The second kappa shape index (κ2) is 8.59. The Bertz CT molecular complexity index is 832. The fourth-order valence-corrected chi connectivity index (χ4v) is 3.74. The van der Waals surface area contributed by atoms with Crippen molar-refractivity contribution < 1.29 is 9.59 Å². The molecule has 4 heteroatoms. The molecule has 0 aromatic heterocycles. The lowest BCUT2D eigenvalue weighted by Crippen LogP contribution is -2.58. The van der Waals surface area contributed by atoms with E-state index in [1.807, 2.05) is 61.5 Å². The van der Waals surface area contributed by atoms with Crippen molar-refractivity contribution in [3.63, 3.8) is 0 Å². The molecule has 0 fully saturated rings. The van der Waals surface area contributed by atoms with Gasteiger partial charge in [-0.1, -0.05) is 62.4 Å². The summed E-state index contributed by atoms with van der Waals surface area (Å²) in [5, 5.41) is 3.08. The number of aryl methyl sites for hydroxylation is 1. The van der Waals surface area contributed by atoms with Crippen molar-refractivity contribution in [1.82, 2.24) is 10.2 Å². The molecule has 1 heterocycles. The summed E-state index contributed by atoms with van der Waals surface area (Å²) in [5.74, 6) is 0.386. The second-order valence-electron chi connectivity index (χ2n) is 8.25. The quantitative estimate of drug-likeness (QED) is 0.819. The first-order valence-corrected chi connectivity index (χ1v) is 10.1. The zero-order valence-corrected chi connectivity index (χ0v) is 17.1. The van der Waals surface area contributed by atoms with Crippen molar-refractivity contribution in [1.29, 1.82) is 0 Å². The van der Waals surface area contributed by atoms with Gasteiger partial charge in [-0.25, -0.2) is 0 Å². The van der Waals surface area contributed by atoms with Crippen LogP contribution in [0.4, 0.5) is 0 Å². The molecule has 2 aromatic carbocycles. The van der Waals surface area contributed by atoms with E-state index in [4.69, 9.17) is 0 Å². The van der Waals surface area contributed by atoms with Gasteiger partial charge >= 0.3 is 0 Å². The predicted octanol–water partition coefficient (Wildman–Crippen LogP) is 4.20. The summed E-state index contributed by atoms with van der Waals surface area (Å²) in [6, 6.07) is 17.6. The molecule has 0 saturated heterocycles. The van der Waals surface area contributed by atoms with Gasteiger partial charge in [-0.15, -0.1) is 0 Å². The van der Waals surface area contributed by atoms with Gasteiger partial charge in [0, 0.05) is 18.7 Å². The molecule has 2 amide bonds. The van der Waals surface area contributed by atoms with E-state index in [-0.39, 0.29) is 11.8 Å². The number of nitrogens with one attached hydrogen (secondary N) is 1. The van der Waals surface area contributed by atoms with Crippen LogP contribution in [0.5, 0.6) is 0 Å². The van der Waals surface area contributed by atoms with E-state index in [0.29, 0.717) is 37.4 Å². The third-order valence-corrected chi connectivity index (χ3v) is 5.65. The summed E-state index contributed by atoms with van der Waals surface area (Å²) in [4.78, 5) is 28.5. The molecule has 0 bridgehead atoms. The Morgan fingerprint density at radius 2 is 1.79 bits per heavy atom. The highest BCUT2D eigenvalue weighted by atomic mass is 16.2. The minimum Gasteiger partial charge on any atom is -0.354 e. The third-order valence-electron chi connectivity index (χ3n) is 5.65. The molecule has 1 aliphatic heterocycles. The Hall–Kier alpha value is -2.62. The molecule has 1 N–H and O–H groups in total. The molecule has 4 nitrogen and oxygen atoms in total. The predicted molar refractivity (Wildman–Crippen MR) is 112 cm³/mol. The number of fused-ring (bicyclic) bond motifs is 1. The highest BCUT2D eigenvalue weighted by molar-refractivity contribution is 6.00. The lowest BCUT2D eigenvalue weighted by Gasteiger charge is -2.39. The van der Waals surface area contributed by atoms with Crippen molar-refractivity contribution in [3.8, 4) is 0 Å². The molecule has 0 spiro atoms. The molecular weight excluding hydrogens is 348 g/mol. The van der Waals surface area contributed by atoms with E-state index in [1.165, 1.54) is 0 Å². The fraction of sp³-hybridized carbons (Fsp3) is 0.417. The van der Waals surface area contributed by atoms with Crippen molar-refractivity contribution in [2.45, 2.75) is 52.1 Å². The van der Waals surface area contributed by atoms with E-state index >= 15 is 0 Å². The molecule has 0 aliphatic carbocycles. The van der Waals surface area contributed by atoms with Gasteiger partial charge in [0.25, 0.3) is 5.91 Å². The summed E-state index contributed by atoms with van der Waals surface area (Å²) in [7, 11) is 0. The van der Waals surface area contributed by atoms with Crippen LogP contribution in [0.2, 0.25) is 0 Å². The minimum absolute atomic E-state index is 0.0646. The standard InChI is InChI=1S/C24H30N2O2/c1-18(2)14-16-25-23(28)24(3)15-13-20-11-7-8-12-21(20)22(27)26(24)17-19-9-5-4-6-10-19/h4-12,18H,13-17H2,1-3H3,(H,25,28)/t24-/m1/s1. The number of carbonyl (C=O) groups excluding carboxylic acids is 2. The maximum absolute atomic E-state index is 13.5. The van der Waals surface area contributed by atoms with Crippen LogP contribution in [0.3, 0.4) is 0 Å². The number of hydrogen-bond donors (Lipinski definition) is 1. The SMILES string of the molecule is CC(C)CCNC(=O)[C@@]1(C)CCc2ccccc2C(=O)N1Cc1ccccc1. The smallest absolute Gasteiger partial charge is 0.255 e. The molecule has 0 saturated carbocycles. The number of carbonyl (C=O) groups is 2. The molecular formula is C24H30N2O2. The second-order valence-corrected chi connectivity index (χ2v) is 8.25. The van der Waals surface area contributed by atoms with Gasteiger partial charge in [-0.3, -0.25) is 9.59 Å². The van der Waals surface area contributed by atoms with Gasteiger partial charge in [0.2, 0.25) is 5.91 Å². The lowest BCUT2D eigenvalue weighted by molar-refractivity contribution is -0.132. The first-order valence-electron chi connectivity index (χ1n) is 10.1. The lowest BCUT2D eigenvalue weighted by atomic mass is 9.91. The summed E-state index contributed by atoms with van der Waals surface area (Å²) >= 11 is 0. The topological polar surface area (TPSA) is 49.4 Å². The molecule has 0 unspecified atom stereocenters. The number of benzene rings is 2. The van der Waals surface area contributed by atoms with Crippen molar-refractivity contribution >= 4 is 11.8 Å². The molecule has 1 atom stereocenters. The summed E-state index contributed by atoms with van der Waals surface area (Å²) in [6.45, 7) is 7.24. The average molecular weight is 379 g/mol. The molecule has 1 aliphatic rings. The maximum Gasteiger partial charge on any atom is 0.255 e. The number of rotatable bonds is 6. The Morgan fingerprint density at radius 1 is 1.11 bits per heavy atom. The van der Waals surface area contributed by atoms with Crippen molar-refractivity contribution in [2.24, 2.45) is 5.92 Å². The van der Waals surface area contributed by atoms with Gasteiger partial charge in [0.15, 0.2) is 0 Å². The monoisotopic (exact) mass is 378 g/mol. The summed E-state index contributed by atoms with van der Waals surface area (Å²) in [6.07, 6.45) is 2.24. The first-order chi connectivity index (χ1) is 13.4. The molecule has 0 radical (unpaired) electrons. The van der Waals surface area contributed by atoms with Gasteiger partial charge in [-0.05, 0) is 49.3 Å². The van der Waals surface area contributed by atoms with Crippen molar-refractivity contribution in [2.75, 3.05) is 6.54 Å². The van der Waals surface area contributed by atoms with Crippen LogP contribution in [0.1, 0.15) is 55.1 Å². The van der Waals surface area contributed by atoms with Gasteiger partial charge in [-0.2, -0.15) is 0 Å². The zero-order valence-electron chi connectivity index (χ0n) is 17.1. The Morgan fingerprint density at radius 3 is 2.50 bits per heavy atom. The van der Waals surface area contributed by atoms with E-state index in [0.717, 1.165) is 17.5 Å². The molecule has 2 aromatic rings. The van der Waals surface area contributed by atoms with Crippen LogP contribution in [0.25, 0.3) is 0 Å². The van der Waals surface area contributed by atoms with Crippen LogP contribution in [-0.2, 0) is 17.8 Å². The van der Waals surface area contributed by atoms with Crippen LogP contribution in [0.15, 0.2) is 54.6 Å². The maximum atomic E-state index is 13.5. The Labute approximate surface area is 167 Å². The van der Waals surface area contributed by atoms with Gasteiger partial charge < -0.3 is 10.2 Å². The van der Waals surface area contributed by atoms with Crippen LogP contribution < -0.4 is 5.32 Å². The molecule has 148 valence electrons.